The normalized spacial score (nSPS) is 12.4. The van der Waals surface area contributed by atoms with Crippen LogP contribution in [0.3, 0.4) is 0 Å². The molecule has 0 bridgehead atoms. The van der Waals surface area contributed by atoms with Gasteiger partial charge in [-0.05, 0) is 18.4 Å². The van der Waals surface area contributed by atoms with Gasteiger partial charge in [0.2, 0.25) is 0 Å². The Morgan fingerprint density at radius 1 is 1.50 bits per heavy atom. The monoisotopic (exact) mass is 264 g/mol. The molecular weight excluding hydrogens is 252 g/mol. The van der Waals surface area contributed by atoms with E-state index in [1.54, 1.807) is 13.0 Å². The lowest BCUT2D eigenvalue weighted by Gasteiger charge is -2.11. The van der Waals surface area contributed by atoms with Crippen LogP contribution < -0.4 is 5.32 Å². The first kappa shape index (κ1) is 12.8. The number of hydrogen-bond donors (Lipinski definition) is 2. The van der Waals surface area contributed by atoms with Crippen LogP contribution >= 0.6 is 11.6 Å². The Bertz CT molecular complexity index is 586. The molecule has 0 aliphatic heterocycles. The van der Waals surface area contributed by atoms with E-state index < -0.39 is 0 Å². The van der Waals surface area contributed by atoms with Gasteiger partial charge in [-0.3, -0.25) is 4.79 Å². The molecule has 94 valence electrons. The zero-order valence-electron chi connectivity index (χ0n) is 9.85. The summed E-state index contributed by atoms with van der Waals surface area (Å²) in [5.74, 6) is -0.343. The maximum atomic E-state index is 11.9. The standard InChI is InChI=1S/C13H13ClN2O2/c1-8(7-17)15-13(18)11-6-9-4-2-3-5-10(9)12(14)16-11/h2-6,8,17H,7H2,1H3,(H,15,18). The second kappa shape index (κ2) is 5.33. The summed E-state index contributed by atoms with van der Waals surface area (Å²) in [4.78, 5) is 15.9. The molecule has 0 saturated heterocycles. The topological polar surface area (TPSA) is 62.2 Å². The van der Waals surface area contributed by atoms with Gasteiger partial charge in [-0.2, -0.15) is 0 Å². The molecule has 4 nitrogen and oxygen atoms in total. The Morgan fingerprint density at radius 3 is 2.94 bits per heavy atom. The van der Waals surface area contributed by atoms with Gasteiger partial charge in [-0.15, -0.1) is 0 Å². The molecule has 0 saturated carbocycles. The largest absolute Gasteiger partial charge is 0.394 e. The van der Waals surface area contributed by atoms with Crippen LogP contribution in [0.5, 0.6) is 0 Å². The number of carbonyl (C=O) groups excluding carboxylic acids is 1. The molecule has 1 heterocycles. The second-order valence-corrected chi connectivity index (χ2v) is 4.43. The molecule has 0 fully saturated rings. The van der Waals surface area contributed by atoms with Crippen LogP contribution in [-0.2, 0) is 0 Å². The number of pyridine rings is 1. The second-order valence-electron chi connectivity index (χ2n) is 4.08. The minimum Gasteiger partial charge on any atom is -0.394 e. The fraction of sp³-hybridized carbons (Fsp3) is 0.231. The van der Waals surface area contributed by atoms with Crippen molar-refractivity contribution in [1.29, 1.82) is 0 Å². The van der Waals surface area contributed by atoms with Crippen LogP contribution in [0.1, 0.15) is 17.4 Å². The summed E-state index contributed by atoms with van der Waals surface area (Å²) in [6.45, 7) is 1.59. The van der Waals surface area contributed by atoms with Crippen molar-refractivity contribution >= 4 is 28.3 Å². The molecule has 0 aliphatic rings. The van der Waals surface area contributed by atoms with Gasteiger partial charge in [0.25, 0.3) is 5.91 Å². The lowest BCUT2D eigenvalue weighted by atomic mass is 10.1. The number of aromatic nitrogens is 1. The SMILES string of the molecule is CC(CO)NC(=O)c1cc2ccccc2c(Cl)n1. The van der Waals surface area contributed by atoms with Crippen molar-refractivity contribution in [2.24, 2.45) is 0 Å². The number of benzene rings is 1. The lowest BCUT2D eigenvalue weighted by Crippen LogP contribution is -2.35. The molecule has 1 amide bonds. The third-order valence-electron chi connectivity index (χ3n) is 2.58. The van der Waals surface area contributed by atoms with Gasteiger partial charge >= 0.3 is 0 Å². The molecule has 0 radical (unpaired) electrons. The first-order valence-corrected chi connectivity index (χ1v) is 5.96. The van der Waals surface area contributed by atoms with Crippen LogP contribution in [0.4, 0.5) is 0 Å². The van der Waals surface area contributed by atoms with Crippen LogP contribution in [0, 0.1) is 0 Å². The van der Waals surface area contributed by atoms with E-state index in [-0.39, 0.29) is 24.2 Å². The Morgan fingerprint density at radius 2 is 2.22 bits per heavy atom. The Hall–Kier alpha value is -1.65. The number of nitrogens with zero attached hydrogens (tertiary/aromatic N) is 1. The van der Waals surface area contributed by atoms with Gasteiger partial charge in [0.1, 0.15) is 10.8 Å². The number of aliphatic hydroxyl groups is 1. The molecule has 1 atom stereocenters. The van der Waals surface area contributed by atoms with E-state index >= 15 is 0 Å². The van der Waals surface area contributed by atoms with Crippen LogP contribution in [0.15, 0.2) is 30.3 Å². The Kier molecular flexibility index (Phi) is 3.79. The molecule has 18 heavy (non-hydrogen) atoms. The fourth-order valence-electron chi connectivity index (χ4n) is 1.62. The van der Waals surface area contributed by atoms with Crippen molar-refractivity contribution < 1.29 is 9.90 Å². The fourth-order valence-corrected chi connectivity index (χ4v) is 1.88. The number of halogens is 1. The van der Waals surface area contributed by atoms with E-state index in [0.717, 1.165) is 10.8 Å². The van der Waals surface area contributed by atoms with Crippen molar-refractivity contribution in [1.82, 2.24) is 10.3 Å². The lowest BCUT2D eigenvalue weighted by molar-refractivity contribution is 0.0917. The highest BCUT2D eigenvalue weighted by atomic mass is 35.5. The van der Waals surface area contributed by atoms with E-state index in [1.165, 1.54) is 0 Å². The van der Waals surface area contributed by atoms with Crippen molar-refractivity contribution in [3.05, 3.63) is 41.2 Å². The molecule has 2 aromatic rings. The molecule has 1 aromatic heterocycles. The molecule has 1 aromatic carbocycles. The van der Waals surface area contributed by atoms with Gasteiger partial charge in [-0.1, -0.05) is 35.9 Å². The Labute approximate surface area is 110 Å². The number of rotatable bonds is 3. The molecule has 0 aliphatic carbocycles. The predicted molar refractivity (Wildman–Crippen MR) is 70.8 cm³/mol. The number of carbonyl (C=O) groups is 1. The maximum absolute atomic E-state index is 11.9. The highest BCUT2D eigenvalue weighted by Crippen LogP contribution is 2.22. The van der Waals surface area contributed by atoms with Gasteiger partial charge in [0.15, 0.2) is 0 Å². The van der Waals surface area contributed by atoms with E-state index in [9.17, 15) is 4.79 Å². The summed E-state index contributed by atoms with van der Waals surface area (Å²) < 4.78 is 0. The average molecular weight is 265 g/mol. The summed E-state index contributed by atoms with van der Waals surface area (Å²) in [5, 5.41) is 13.5. The van der Waals surface area contributed by atoms with Crippen molar-refractivity contribution in [2.75, 3.05) is 6.61 Å². The van der Waals surface area contributed by atoms with Crippen molar-refractivity contribution in [3.8, 4) is 0 Å². The molecule has 2 rings (SSSR count). The van der Waals surface area contributed by atoms with E-state index in [0.29, 0.717) is 5.15 Å². The first-order valence-electron chi connectivity index (χ1n) is 5.59. The summed E-state index contributed by atoms with van der Waals surface area (Å²) in [5.41, 5.74) is 0.249. The van der Waals surface area contributed by atoms with Crippen molar-refractivity contribution in [3.63, 3.8) is 0 Å². The maximum Gasteiger partial charge on any atom is 0.270 e. The smallest absolute Gasteiger partial charge is 0.270 e. The number of aliphatic hydroxyl groups excluding tert-OH is 1. The van der Waals surface area contributed by atoms with E-state index in [1.807, 2.05) is 24.3 Å². The molecule has 1 unspecified atom stereocenters. The molecular formula is C13H13ClN2O2. The number of fused-ring (bicyclic) bond motifs is 1. The number of amides is 1. The van der Waals surface area contributed by atoms with Crippen LogP contribution in [0.25, 0.3) is 10.8 Å². The third kappa shape index (κ3) is 2.60. The van der Waals surface area contributed by atoms with Gasteiger partial charge in [-0.25, -0.2) is 4.98 Å². The minimum atomic E-state index is -0.343. The molecule has 5 heteroatoms. The Balaban J connectivity index is 2.37. The van der Waals surface area contributed by atoms with Gasteiger partial charge in [0.05, 0.1) is 6.61 Å². The number of nitrogens with one attached hydrogen (secondary N) is 1. The highest BCUT2D eigenvalue weighted by Gasteiger charge is 2.12. The average Bonchev–Trinajstić information content (AvgIpc) is 2.38. The van der Waals surface area contributed by atoms with Crippen LogP contribution in [-0.4, -0.2) is 28.6 Å². The van der Waals surface area contributed by atoms with E-state index in [2.05, 4.69) is 10.3 Å². The molecule has 0 spiro atoms. The third-order valence-corrected chi connectivity index (χ3v) is 2.87. The molecule has 2 N–H and O–H groups in total. The van der Waals surface area contributed by atoms with Crippen molar-refractivity contribution in [2.45, 2.75) is 13.0 Å². The zero-order chi connectivity index (χ0) is 13.1. The summed E-state index contributed by atoms with van der Waals surface area (Å²) in [7, 11) is 0. The first-order chi connectivity index (χ1) is 8.61. The zero-order valence-corrected chi connectivity index (χ0v) is 10.6. The summed E-state index contributed by atoms with van der Waals surface area (Å²) >= 11 is 6.04. The summed E-state index contributed by atoms with van der Waals surface area (Å²) in [6.07, 6.45) is 0. The van der Waals surface area contributed by atoms with E-state index in [4.69, 9.17) is 16.7 Å². The predicted octanol–water partition coefficient (Wildman–Crippen LogP) is 2.00. The van der Waals surface area contributed by atoms with Gasteiger partial charge < -0.3 is 10.4 Å². The van der Waals surface area contributed by atoms with Gasteiger partial charge in [0, 0.05) is 11.4 Å². The highest BCUT2D eigenvalue weighted by molar-refractivity contribution is 6.34. The minimum absolute atomic E-state index is 0.118. The van der Waals surface area contributed by atoms with Crippen LogP contribution in [0.2, 0.25) is 5.15 Å². The summed E-state index contributed by atoms with van der Waals surface area (Å²) in [6, 6.07) is 8.82. The number of hydrogen-bond acceptors (Lipinski definition) is 3. The quantitative estimate of drug-likeness (QED) is 0.834.